The molecule has 0 aliphatic rings. The molecular weight excluding hydrogens is 659 g/mol. The van der Waals surface area contributed by atoms with E-state index in [9.17, 15) is 0 Å². The van der Waals surface area contributed by atoms with Gasteiger partial charge in [0.25, 0.3) is 0 Å². The molecule has 11 heteroatoms. The van der Waals surface area contributed by atoms with E-state index in [1.54, 1.807) is 44.9 Å². The molecular formula is C37H41N5O3S3. The molecule has 0 amide bonds. The van der Waals surface area contributed by atoms with E-state index >= 15 is 0 Å². The Labute approximate surface area is 294 Å². The quantitative estimate of drug-likeness (QED) is 0.0597. The van der Waals surface area contributed by atoms with Gasteiger partial charge in [-0.1, -0.05) is 37.3 Å². The van der Waals surface area contributed by atoms with Crippen LogP contribution in [0.4, 0.5) is 0 Å². The molecule has 0 aliphatic carbocycles. The van der Waals surface area contributed by atoms with Crippen LogP contribution in [0, 0.1) is 0 Å². The monoisotopic (exact) mass is 699 g/mol. The fraction of sp³-hybridized carbons (Fsp3) is 0.243. The number of ether oxygens (including phenoxy) is 3. The normalized spacial score (nSPS) is 13.2. The van der Waals surface area contributed by atoms with E-state index in [4.69, 9.17) is 14.2 Å². The standard InChI is InChI=1S/C37H41N5O3S3/c1-3-7-31(11-14-35-8-4-23-46-35)18-21-40(2)28-45-34(26-43-29-41-22-19-32(39-41)12-15-36-9-5-24-47-36)27-44-30-42-33(17-20-38-42)13-16-37-10-6-25-48-37/h4-25,34H,3,26-30H2,1-2H3/b14-11+,15-12+,16-13+,21-18-,31-7+. The molecule has 0 radical (unpaired) electrons. The van der Waals surface area contributed by atoms with Crippen molar-refractivity contribution in [3.8, 4) is 0 Å². The van der Waals surface area contributed by atoms with Crippen molar-refractivity contribution in [1.82, 2.24) is 24.5 Å². The predicted octanol–water partition coefficient (Wildman–Crippen LogP) is 9.09. The highest BCUT2D eigenvalue weighted by molar-refractivity contribution is 7.11. The molecule has 8 nitrogen and oxygen atoms in total. The lowest BCUT2D eigenvalue weighted by molar-refractivity contribution is -0.100. The van der Waals surface area contributed by atoms with Crippen LogP contribution < -0.4 is 0 Å². The van der Waals surface area contributed by atoms with Crippen molar-refractivity contribution in [3.63, 3.8) is 0 Å². The topological polar surface area (TPSA) is 66.6 Å². The first kappa shape index (κ1) is 35.2. The molecule has 5 aromatic heterocycles. The van der Waals surface area contributed by atoms with Crippen molar-refractivity contribution < 1.29 is 14.2 Å². The van der Waals surface area contributed by atoms with E-state index in [1.807, 2.05) is 65.4 Å². The molecule has 0 saturated carbocycles. The summed E-state index contributed by atoms with van der Waals surface area (Å²) in [4.78, 5) is 5.61. The van der Waals surface area contributed by atoms with Gasteiger partial charge in [-0.3, -0.25) is 0 Å². The molecule has 0 spiro atoms. The van der Waals surface area contributed by atoms with Gasteiger partial charge in [-0.2, -0.15) is 10.2 Å². The molecule has 0 aromatic carbocycles. The smallest absolute Gasteiger partial charge is 0.140 e. The van der Waals surface area contributed by atoms with Gasteiger partial charge >= 0.3 is 0 Å². The van der Waals surface area contributed by atoms with Crippen LogP contribution in [0.25, 0.3) is 30.4 Å². The zero-order chi connectivity index (χ0) is 33.2. The SMILES string of the molecule is CC/C=C(/C=C\N(C)COC(COCn1ccc(/C=C/c2cccs2)n1)COCn1nccc1/C=C/c1cccs1)\C=C\c1cccs1. The van der Waals surface area contributed by atoms with Crippen molar-refractivity contribution in [2.24, 2.45) is 0 Å². The average Bonchev–Trinajstić information content (AvgIpc) is 3.95. The molecule has 5 aromatic rings. The van der Waals surface area contributed by atoms with Crippen LogP contribution in [0.2, 0.25) is 0 Å². The number of hydrogen-bond donors (Lipinski definition) is 0. The van der Waals surface area contributed by atoms with Gasteiger partial charge in [0.05, 0.1) is 24.6 Å². The minimum Gasteiger partial charge on any atom is -0.358 e. The van der Waals surface area contributed by atoms with E-state index in [-0.39, 0.29) is 6.10 Å². The second-order valence-corrected chi connectivity index (χ2v) is 13.6. The van der Waals surface area contributed by atoms with Crippen molar-refractivity contribution in [3.05, 3.63) is 133 Å². The van der Waals surface area contributed by atoms with Crippen molar-refractivity contribution >= 4 is 64.4 Å². The summed E-state index contributed by atoms with van der Waals surface area (Å²) in [6.45, 7) is 3.80. The Kier molecular flexibility index (Phi) is 14.4. The third-order valence-corrected chi connectivity index (χ3v) is 9.35. The Hall–Kier alpha value is -4.10. The molecule has 5 rings (SSSR count). The molecule has 1 atom stereocenters. The van der Waals surface area contributed by atoms with Crippen LogP contribution in [0.5, 0.6) is 0 Å². The second-order valence-electron chi connectivity index (χ2n) is 10.7. The Bertz CT molecular complexity index is 1750. The molecule has 0 bridgehead atoms. The summed E-state index contributed by atoms with van der Waals surface area (Å²) in [7, 11) is 1.99. The highest BCUT2D eigenvalue weighted by Gasteiger charge is 2.12. The van der Waals surface area contributed by atoms with Gasteiger partial charge in [-0.15, -0.1) is 34.0 Å². The average molecular weight is 700 g/mol. The number of rotatable bonds is 20. The van der Waals surface area contributed by atoms with Crippen LogP contribution in [0.3, 0.4) is 0 Å². The summed E-state index contributed by atoms with van der Waals surface area (Å²) in [5.74, 6) is 0. The summed E-state index contributed by atoms with van der Waals surface area (Å²) >= 11 is 5.12. The highest BCUT2D eigenvalue weighted by Crippen LogP contribution is 2.15. The maximum absolute atomic E-state index is 6.29. The largest absolute Gasteiger partial charge is 0.358 e. The second kappa shape index (κ2) is 19.7. The lowest BCUT2D eigenvalue weighted by atomic mass is 10.2. The van der Waals surface area contributed by atoms with Gasteiger partial charge < -0.3 is 19.1 Å². The highest BCUT2D eigenvalue weighted by atomic mass is 32.1. The van der Waals surface area contributed by atoms with Crippen molar-refractivity contribution in [1.29, 1.82) is 0 Å². The number of nitrogens with zero attached hydrogens (tertiary/aromatic N) is 5. The third kappa shape index (κ3) is 12.2. The molecule has 1 unspecified atom stereocenters. The summed E-state index contributed by atoms with van der Waals surface area (Å²) in [6, 6.07) is 16.4. The number of hydrogen-bond acceptors (Lipinski definition) is 9. The molecule has 0 saturated heterocycles. The minimum atomic E-state index is -0.306. The molecule has 0 fully saturated rings. The Balaban J connectivity index is 1.14. The van der Waals surface area contributed by atoms with Crippen LogP contribution in [0.15, 0.2) is 107 Å². The van der Waals surface area contributed by atoms with Gasteiger partial charge in [0.1, 0.15) is 26.3 Å². The van der Waals surface area contributed by atoms with Crippen LogP contribution in [-0.4, -0.2) is 57.6 Å². The van der Waals surface area contributed by atoms with Gasteiger partial charge in [0.2, 0.25) is 0 Å². The van der Waals surface area contributed by atoms with Gasteiger partial charge in [-0.05, 0) is 94.9 Å². The summed E-state index contributed by atoms with van der Waals surface area (Å²) in [6.07, 6.45) is 23.2. The van der Waals surface area contributed by atoms with Crippen LogP contribution in [0.1, 0.15) is 39.4 Å². The third-order valence-electron chi connectivity index (χ3n) is 6.84. The number of aromatic nitrogens is 4. The first-order chi connectivity index (χ1) is 23.6. The lowest BCUT2D eigenvalue weighted by Crippen LogP contribution is -2.30. The predicted molar refractivity (Wildman–Crippen MR) is 201 cm³/mol. The lowest BCUT2D eigenvalue weighted by Gasteiger charge is -2.22. The van der Waals surface area contributed by atoms with Crippen LogP contribution in [-0.2, 0) is 27.7 Å². The molecule has 250 valence electrons. The zero-order valence-electron chi connectivity index (χ0n) is 27.2. The van der Waals surface area contributed by atoms with E-state index in [0.29, 0.717) is 33.4 Å². The Morgan fingerprint density at radius 3 is 2.21 bits per heavy atom. The zero-order valence-corrected chi connectivity index (χ0v) is 29.7. The molecule has 0 N–H and O–H groups in total. The van der Waals surface area contributed by atoms with Gasteiger partial charge in [0, 0.05) is 40.3 Å². The number of allylic oxidation sites excluding steroid dienone is 4. The number of thiophene rings is 3. The Morgan fingerprint density at radius 2 is 1.52 bits per heavy atom. The first-order valence-corrected chi connectivity index (χ1v) is 18.3. The van der Waals surface area contributed by atoms with E-state index in [2.05, 4.69) is 94.0 Å². The fourth-order valence-corrected chi connectivity index (χ4v) is 6.26. The van der Waals surface area contributed by atoms with Crippen molar-refractivity contribution in [2.75, 3.05) is 27.0 Å². The van der Waals surface area contributed by atoms with E-state index in [1.165, 1.54) is 14.6 Å². The fourth-order valence-electron chi connectivity index (χ4n) is 4.40. The molecule has 0 aliphatic heterocycles. The minimum absolute atomic E-state index is 0.299. The van der Waals surface area contributed by atoms with Gasteiger partial charge in [-0.25, -0.2) is 9.36 Å². The van der Waals surface area contributed by atoms with Crippen molar-refractivity contribution in [2.45, 2.75) is 32.9 Å². The van der Waals surface area contributed by atoms with E-state index < -0.39 is 0 Å². The molecule has 48 heavy (non-hydrogen) atoms. The maximum atomic E-state index is 6.29. The maximum Gasteiger partial charge on any atom is 0.140 e. The Morgan fingerprint density at radius 1 is 0.833 bits per heavy atom. The van der Waals surface area contributed by atoms with Crippen LogP contribution >= 0.6 is 34.0 Å². The first-order valence-electron chi connectivity index (χ1n) is 15.7. The summed E-state index contributed by atoms with van der Waals surface area (Å²) in [5, 5.41) is 15.3. The molecule has 5 heterocycles. The van der Waals surface area contributed by atoms with Gasteiger partial charge in [0.15, 0.2) is 0 Å². The van der Waals surface area contributed by atoms with E-state index in [0.717, 1.165) is 23.4 Å². The summed E-state index contributed by atoms with van der Waals surface area (Å²) < 4.78 is 22.1. The summed E-state index contributed by atoms with van der Waals surface area (Å²) in [5.41, 5.74) is 2.99.